The van der Waals surface area contributed by atoms with E-state index < -0.39 is 0 Å². The van der Waals surface area contributed by atoms with E-state index in [1.807, 2.05) is 24.4 Å². The molecule has 0 fully saturated rings. The molecule has 18 heavy (non-hydrogen) atoms. The Labute approximate surface area is 108 Å². The summed E-state index contributed by atoms with van der Waals surface area (Å²) in [7, 11) is 0. The van der Waals surface area contributed by atoms with Gasteiger partial charge in [0.2, 0.25) is 0 Å². The molecule has 0 saturated heterocycles. The SMILES string of the molecule is Cc1cc(C)c(/C=N\Nc2ccccn2)cc1C. The van der Waals surface area contributed by atoms with Crippen molar-refractivity contribution in [3.8, 4) is 0 Å². The van der Waals surface area contributed by atoms with E-state index in [4.69, 9.17) is 0 Å². The molecule has 0 aliphatic carbocycles. The van der Waals surface area contributed by atoms with E-state index in [1.165, 1.54) is 16.7 Å². The summed E-state index contributed by atoms with van der Waals surface area (Å²) in [5.41, 5.74) is 7.85. The highest BCUT2D eigenvalue weighted by Crippen LogP contribution is 2.13. The number of hydrazone groups is 1. The van der Waals surface area contributed by atoms with E-state index >= 15 is 0 Å². The van der Waals surface area contributed by atoms with Crippen molar-refractivity contribution in [3.05, 3.63) is 58.8 Å². The maximum absolute atomic E-state index is 4.21. The number of aromatic nitrogens is 1. The van der Waals surface area contributed by atoms with Crippen LogP contribution >= 0.6 is 0 Å². The third-order valence-electron chi connectivity index (χ3n) is 2.93. The highest BCUT2D eigenvalue weighted by atomic mass is 15.3. The molecule has 0 saturated carbocycles. The molecule has 0 amide bonds. The maximum Gasteiger partial charge on any atom is 0.146 e. The van der Waals surface area contributed by atoms with Crippen molar-refractivity contribution in [1.29, 1.82) is 0 Å². The fourth-order valence-corrected chi connectivity index (χ4v) is 1.72. The van der Waals surface area contributed by atoms with Crippen LogP contribution in [0.3, 0.4) is 0 Å². The number of nitrogens with one attached hydrogen (secondary N) is 1. The summed E-state index contributed by atoms with van der Waals surface area (Å²) in [6.07, 6.45) is 3.57. The van der Waals surface area contributed by atoms with Crippen LogP contribution in [0.2, 0.25) is 0 Å². The molecule has 1 aromatic heterocycles. The average molecular weight is 239 g/mol. The highest BCUT2D eigenvalue weighted by molar-refractivity contribution is 5.82. The zero-order valence-corrected chi connectivity index (χ0v) is 10.9. The van der Waals surface area contributed by atoms with Crippen LogP contribution in [0.4, 0.5) is 5.82 Å². The number of rotatable bonds is 3. The average Bonchev–Trinajstić information content (AvgIpc) is 2.37. The second kappa shape index (κ2) is 5.45. The summed E-state index contributed by atoms with van der Waals surface area (Å²) in [4.78, 5) is 4.14. The first-order valence-electron chi connectivity index (χ1n) is 5.95. The molecule has 1 heterocycles. The van der Waals surface area contributed by atoms with Crippen molar-refractivity contribution in [1.82, 2.24) is 4.98 Å². The smallest absolute Gasteiger partial charge is 0.146 e. The normalized spacial score (nSPS) is 10.8. The molecule has 92 valence electrons. The number of hydrogen-bond acceptors (Lipinski definition) is 3. The molecule has 0 bridgehead atoms. The van der Waals surface area contributed by atoms with Crippen molar-refractivity contribution in [2.45, 2.75) is 20.8 Å². The van der Waals surface area contributed by atoms with Gasteiger partial charge in [0, 0.05) is 6.20 Å². The zero-order valence-electron chi connectivity index (χ0n) is 10.9. The monoisotopic (exact) mass is 239 g/mol. The first kappa shape index (κ1) is 12.3. The van der Waals surface area contributed by atoms with Crippen LogP contribution in [0.1, 0.15) is 22.3 Å². The van der Waals surface area contributed by atoms with E-state index in [-0.39, 0.29) is 0 Å². The van der Waals surface area contributed by atoms with Crippen molar-refractivity contribution < 1.29 is 0 Å². The first-order chi connectivity index (χ1) is 8.66. The molecule has 1 aromatic carbocycles. The molecule has 2 aromatic rings. The summed E-state index contributed by atoms with van der Waals surface area (Å²) in [5.74, 6) is 0.746. The standard InChI is InChI=1S/C15H17N3/c1-11-8-13(3)14(9-12(11)2)10-17-18-15-6-4-5-7-16-15/h4-10H,1-3H3,(H,16,18)/b17-10-. The quantitative estimate of drug-likeness (QED) is 0.658. The first-order valence-corrected chi connectivity index (χ1v) is 5.95. The summed E-state index contributed by atoms with van der Waals surface area (Å²) < 4.78 is 0. The van der Waals surface area contributed by atoms with Gasteiger partial charge in [0.25, 0.3) is 0 Å². The van der Waals surface area contributed by atoms with Gasteiger partial charge in [-0.15, -0.1) is 0 Å². The van der Waals surface area contributed by atoms with Gasteiger partial charge in [-0.1, -0.05) is 12.1 Å². The molecular formula is C15H17N3. The van der Waals surface area contributed by atoms with Gasteiger partial charge in [-0.3, -0.25) is 5.43 Å². The third kappa shape index (κ3) is 2.94. The Kier molecular flexibility index (Phi) is 3.72. The van der Waals surface area contributed by atoms with Crippen molar-refractivity contribution in [3.63, 3.8) is 0 Å². The molecule has 3 nitrogen and oxygen atoms in total. The molecule has 0 radical (unpaired) electrons. The number of benzene rings is 1. The Morgan fingerprint density at radius 2 is 1.83 bits per heavy atom. The minimum Gasteiger partial charge on any atom is -0.261 e. The second-order valence-electron chi connectivity index (χ2n) is 4.38. The van der Waals surface area contributed by atoms with Crippen molar-refractivity contribution >= 4 is 12.0 Å². The maximum atomic E-state index is 4.21. The van der Waals surface area contributed by atoms with Gasteiger partial charge in [-0.2, -0.15) is 5.10 Å². The van der Waals surface area contributed by atoms with Crippen LogP contribution in [0, 0.1) is 20.8 Å². The van der Waals surface area contributed by atoms with Gasteiger partial charge < -0.3 is 0 Å². The molecule has 1 N–H and O–H groups in total. The van der Waals surface area contributed by atoms with Crippen molar-refractivity contribution in [2.75, 3.05) is 5.43 Å². The number of pyridine rings is 1. The van der Waals surface area contributed by atoms with E-state index in [1.54, 1.807) is 6.20 Å². The molecule has 0 atom stereocenters. The van der Waals surface area contributed by atoms with Crippen LogP contribution in [0.25, 0.3) is 0 Å². The Morgan fingerprint density at radius 3 is 2.56 bits per heavy atom. The minimum atomic E-state index is 0.746. The number of aryl methyl sites for hydroxylation is 3. The lowest BCUT2D eigenvalue weighted by Gasteiger charge is -2.05. The topological polar surface area (TPSA) is 37.3 Å². The predicted octanol–water partition coefficient (Wildman–Crippen LogP) is 3.45. The van der Waals surface area contributed by atoms with Crippen LogP contribution < -0.4 is 5.43 Å². The van der Waals surface area contributed by atoms with Crippen LogP contribution in [0.15, 0.2) is 41.6 Å². The van der Waals surface area contributed by atoms with Crippen LogP contribution in [0.5, 0.6) is 0 Å². The van der Waals surface area contributed by atoms with Crippen molar-refractivity contribution in [2.24, 2.45) is 5.10 Å². The third-order valence-corrected chi connectivity index (χ3v) is 2.93. The second-order valence-corrected chi connectivity index (χ2v) is 4.38. The van der Waals surface area contributed by atoms with Crippen LogP contribution in [-0.4, -0.2) is 11.2 Å². The van der Waals surface area contributed by atoms with Crippen LogP contribution in [-0.2, 0) is 0 Å². The largest absolute Gasteiger partial charge is 0.261 e. The molecule has 0 unspecified atom stereocenters. The fourth-order valence-electron chi connectivity index (χ4n) is 1.72. The molecule has 0 spiro atoms. The molecule has 0 aliphatic rings. The number of nitrogens with zero attached hydrogens (tertiary/aromatic N) is 2. The van der Waals surface area contributed by atoms with Gasteiger partial charge in [-0.25, -0.2) is 4.98 Å². The lowest BCUT2D eigenvalue weighted by Crippen LogP contribution is -1.95. The highest BCUT2D eigenvalue weighted by Gasteiger charge is 1.99. The Hall–Kier alpha value is -2.16. The molecule has 3 heteroatoms. The van der Waals surface area contributed by atoms with Gasteiger partial charge in [0.1, 0.15) is 5.82 Å². The Bertz CT molecular complexity index is 559. The molecule has 0 aliphatic heterocycles. The Morgan fingerprint density at radius 1 is 1.06 bits per heavy atom. The molecule has 2 rings (SSSR count). The van der Waals surface area contributed by atoms with Gasteiger partial charge in [0.05, 0.1) is 6.21 Å². The van der Waals surface area contributed by atoms with Gasteiger partial charge >= 0.3 is 0 Å². The summed E-state index contributed by atoms with van der Waals surface area (Å²) in [6.45, 7) is 6.32. The lowest BCUT2D eigenvalue weighted by molar-refractivity contribution is 1.22. The van der Waals surface area contributed by atoms with Gasteiger partial charge in [-0.05, 0) is 61.2 Å². The number of hydrogen-bond donors (Lipinski definition) is 1. The predicted molar refractivity (Wildman–Crippen MR) is 76.1 cm³/mol. The summed E-state index contributed by atoms with van der Waals surface area (Å²) in [6, 6.07) is 10.0. The van der Waals surface area contributed by atoms with Gasteiger partial charge in [0.15, 0.2) is 0 Å². The summed E-state index contributed by atoms with van der Waals surface area (Å²) >= 11 is 0. The Balaban J connectivity index is 2.12. The minimum absolute atomic E-state index is 0.746. The fraction of sp³-hybridized carbons (Fsp3) is 0.200. The van der Waals surface area contributed by atoms with E-state index in [0.29, 0.717) is 0 Å². The van der Waals surface area contributed by atoms with E-state index in [0.717, 1.165) is 11.4 Å². The summed E-state index contributed by atoms with van der Waals surface area (Å²) in [5, 5.41) is 4.21. The van der Waals surface area contributed by atoms with E-state index in [2.05, 4.69) is 48.4 Å². The number of anilines is 1. The lowest BCUT2D eigenvalue weighted by atomic mass is 10.0. The van der Waals surface area contributed by atoms with E-state index in [9.17, 15) is 0 Å². The zero-order chi connectivity index (χ0) is 13.0. The molecular weight excluding hydrogens is 222 g/mol.